The lowest BCUT2D eigenvalue weighted by Crippen LogP contribution is -2.38. The molecule has 1 amide bonds. The Labute approximate surface area is 201 Å². The molecule has 6 nitrogen and oxygen atoms in total. The quantitative estimate of drug-likeness (QED) is 0.413. The molecular formula is C25H26F2N4O2S. The summed E-state index contributed by atoms with van der Waals surface area (Å²) in [4.78, 5) is 19.2. The molecule has 2 heterocycles. The summed E-state index contributed by atoms with van der Waals surface area (Å²) < 4.78 is 35.4. The molecule has 0 bridgehead atoms. The number of fused-ring (bicyclic) bond motifs is 3. The van der Waals surface area contributed by atoms with E-state index in [2.05, 4.69) is 29.0 Å². The van der Waals surface area contributed by atoms with Gasteiger partial charge in [0, 0.05) is 17.7 Å². The van der Waals surface area contributed by atoms with Crippen LogP contribution in [-0.2, 0) is 4.79 Å². The summed E-state index contributed by atoms with van der Waals surface area (Å²) in [7, 11) is 0. The molecule has 0 unspecified atom stereocenters. The fourth-order valence-electron chi connectivity index (χ4n) is 3.92. The van der Waals surface area contributed by atoms with Crippen molar-refractivity contribution < 1.29 is 18.3 Å². The van der Waals surface area contributed by atoms with Gasteiger partial charge in [0.2, 0.25) is 23.2 Å². The second-order valence-corrected chi connectivity index (χ2v) is 9.67. The Balaban J connectivity index is 1.99. The summed E-state index contributed by atoms with van der Waals surface area (Å²) in [6, 6.07) is 6.91. The number of carbonyl (C=O) groups excluding carboxylic acids is 1. The normalized spacial score (nSPS) is 14.9. The molecule has 1 aliphatic rings. The van der Waals surface area contributed by atoms with E-state index >= 15 is 0 Å². The summed E-state index contributed by atoms with van der Waals surface area (Å²) in [6.45, 7) is 9.67. The van der Waals surface area contributed by atoms with E-state index in [0.717, 1.165) is 35.1 Å². The number of aryl methyl sites for hydroxylation is 2. The third kappa shape index (κ3) is 4.61. The zero-order valence-corrected chi connectivity index (χ0v) is 20.5. The lowest BCUT2D eigenvalue weighted by atomic mass is 9.99. The van der Waals surface area contributed by atoms with Crippen LogP contribution in [0.15, 0.2) is 35.5 Å². The minimum absolute atomic E-state index is 0.101. The van der Waals surface area contributed by atoms with Gasteiger partial charge in [-0.2, -0.15) is 4.98 Å². The van der Waals surface area contributed by atoms with Crippen molar-refractivity contribution in [3.05, 3.63) is 58.7 Å². The number of rotatable bonds is 5. The van der Waals surface area contributed by atoms with Crippen LogP contribution in [0.1, 0.15) is 50.1 Å². The molecule has 1 atom stereocenters. The Hall–Kier alpha value is -3.07. The number of aromatic nitrogens is 3. The van der Waals surface area contributed by atoms with E-state index in [0.29, 0.717) is 28.0 Å². The molecular weight excluding hydrogens is 458 g/mol. The molecule has 34 heavy (non-hydrogen) atoms. The van der Waals surface area contributed by atoms with Crippen LogP contribution < -0.4 is 9.64 Å². The van der Waals surface area contributed by atoms with Gasteiger partial charge in [-0.05, 0) is 49.6 Å². The highest BCUT2D eigenvalue weighted by Crippen LogP contribution is 2.46. The predicted octanol–water partition coefficient (Wildman–Crippen LogP) is 6.02. The number of nitrogens with zero attached hydrogens (tertiary/aromatic N) is 4. The highest BCUT2D eigenvalue weighted by atomic mass is 32.2. The minimum atomic E-state index is -1.27. The van der Waals surface area contributed by atoms with Crippen LogP contribution in [0, 0.1) is 31.4 Å². The van der Waals surface area contributed by atoms with E-state index in [4.69, 9.17) is 4.74 Å². The SMILES string of the molecule is CCC(=O)N1c2c(C)cc(C)cc2-c2nnc(SCC(C)C)nc2O[C@@H]1c1cc(F)ccc1F. The topological polar surface area (TPSA) is 68.2 Å². The predicted molar refractivity (Wildman–Crippen MR) is 128 cm³/mol. The van der Waals surface area contributed by atoms with Crippen molar-refractivity contribution in [3.63, 3.8) is 0 Å². The Morgan fingerprint density at radius 2 is 1.94 bits per heavy atom. The van der Waals surface area contributed by atoms with Crippen LogP contribution in [-0.4, -0.2) is 26.8 Å². The first-order valence-electron chi connectivity index (χ1n) is 11.1. The number of halogens is 2. The van der Waals surface area contributed by atoms with Crippen molar-refractivity contribution >= 4 is 23.4 Å². The van der Waals surface area contributed by atoms with Gasteiger partial charge in [0.1, 0.15) is 11.6 Å². The Kier molecular flexibility index (Phi) is 6.84. The van der Waals surface area contributed by atoms with E-state index in [-0.39, 0.29) is 23.8 Å². The lowest BCUT2D eigenvalue weighted by molar-refractivity contribution is -0.120. The van der Waals surface area contributed by atoms with Gasteiger partial charge < -0.3 is 4.74 Å². The summed E-state index contributed by atoms with van der Waals surface area (Å²) in [5.41, 5.74) is 3.09. The third-order valence-electron chi connectivity index (χ3n) is 5.37. The molecule has 1 aliphatic heterocycles. The highest BCUT2D eigenvalue weighted by molar-refractivity contribution is 7.99. The van der Waals surface area contributed by atoms with Crippen molar-refractivity contribution in [1.29, 1.82) is 0 Å². The summed E-state index contributed by atoms with van der Waals surface area (Å²) >= 11 is 1.43. The molecule has 1 aromatic heterocycles. The molecule has 178 valence electrons. The molecule has 0 saturated carbocycles. The second-order valence-electron chi connectivity index (χ2n) is 8.68. The molecule has 9 heteroatoms. The van der Waals surface area contributed by atoms with Gasteiger partial charge in [0.25, 0.3) is 0 Å². The van der Waals surface area contributed by atoms with Crippen LogP contribution in [0.5, 0.6) is 5.88 Å². The van der Waals surface area contributed by atoms with E-state index in [9.17, 15) is 13.6 Å². The number of hydrogen-bond donors (Lipinski definition) is 0. The molecule has 0 N–H and O–H groups in total. The number of ether oxygens (including phenoxy) is 1. The minimum Gasteiger partial charge on any atom is -0.447 e. The number of thioether (sulfide) groups is 1. The smallest absolute Gasteiger partial charge is 0.247 e. The van der Waals surface area contributed by atoms with Crippen molar-refractivity contribution in [2.45, 2.75) is 52.4 Å². The van der Waals surface area contributed by atoms with Crippen molar-refractivity contribution in [1.82, 2.24) is 15.2 Å². The molecule has 2 aromatic carbocycles. The average Bonchev–Trinajstić information content (AvgIpc) is 2.93. The lowest BCUT2D eigenvalue weighted by Gasteiger charge is -2.32. The third-order valence-corrected chi connectivity index (χ3v) is 6.64. The van der Waals surface area contributed by atoms with Crippen LogP contribution in [0.4, 0.5) is 14.5 Å². The van der Waals surface area contributed by atoms with Crippen LogP contribution in [0.3, 0.4) is 0 Å². The summed E-state index contributed by atoms with van der Waals surface area (Å²) in [5, 5.41) is 9.08. The zero-order chi connectivity index (χ0) is 24.6. The maximum atomic E-state index is 15.0. The zero-order valence-electron chi connectivity index (χ0n) is 19.7. The van der Waals surface area contributed by atoms with Gasteiger partial charge in [-0.3, -0.25) is 9.69 Å². The largest absolute Gasteiger partial charge is 0.447 e. The summed E-state index contributed by atoms with van der Waals surface area (Å²) in [5.74, 6) is -0.331. The Morgan fingerprint density at radius 3 is 2.65 bits per heavy atom. The van der Waals surface area contributed by atoms with Crippen molar-refractivity contribution in [2.75, 3.05) is 10.7 Å². The molecule has 0 saturated heterocycles. The highest BCUT2D eigenvalue weighted by Gasteiger charge is 2.38. The average molecular weight is 485 g/mol. The van der Waals surface area contributed by atoms with Crippen LogP contribution in [0.2, 0.25) is 0 Å². The number of anilines is 1. The van der Waals surface area contributed by atoms with E-state index < -0.39 is 17.9 Å². The maximum Gasteiger partial charge on any atom is 0.247 e. The van der Waals surface area contributed by atoms with Gasteiger partial charge in [0.15, 0.2) is 5.69 Å². The monoisotopic (exact) mass is 484 g/mol. The summed E-state index contributed by atoms with van der Waals surface area (Å²) in [6.07, 6.45) is -1.14. The first kappa shape index (κ1) is 24.1. The van der Waals surface area contributed by atoms with Gasteiger partial charge >= 0.3 is 0 Å². The van der Waals surface area contributed by atoms with Gasteiger partial charge in [-0.15, -0.1) is 10.2 Å². The molecule has 4 rings (SSSR count). The molecule has 0 aliphatic carbocycles. The first-order valence-corrected chi connectivity index (χ1v) is 12.1. The van der Waals surface area contributed by atoms with Gasteiger partial charge in [-0.1, -0.05) is 44.2 Å². The Morgan fingerprint density at radius 1 is 1.18 bits per heavy atom. The van der Waals surface area contributed by atoms with Gasteiger partial charge in [0.05, 0.1) is 11.3 Å². The number of benzene rings is 2. The van der Waals surface area contributed by atoms with E-state index in [1.165, 1.54) is 16.7 Å². The van der Waals surface area contributed by atoms with E-state index in [1.54, 1.807) is 6.92 Å². The Bertz CT molecular complexity index is 1250. The number of amides is 1. The fraction of sp³-hybridized carbons (Fsp3) is 0.360. The fourth-order valence-corrected chi connectivity index (χ4v) is 4.65. The number of hydrogen-bond acceptors (Lipinski definition) is 6. The standard InChI is InChI=1S/C25H26F2N4O2S/c1-6-20(32)31-22-15(5)9-14(4)10-18(22)21-23(28-25(30-29-21)34-12-13(2)3)33-24(31)17-11-16(26)7-8-19(17)27/h7-11,13,24H,6,12H2,1-5H3/t24-/m1/s1. The maximum absolute atomic E-state index is 15.0. The van der Waals surface area contributed by atoms with Crippen molar-refractivity contribution in [3.8, 4) is 17.1 Å². The van der Waals surface area contributed by atoms with Crippen LogP contribution >= 0.6 is 11.8 Å². The van der Waals surface area contributed by atoms with Crippen molar-refractivity contribution in [2.24, 2.45) is 5.92 Å². The molecule has 0 radical (unpaired) electrons. The molecule has 0 fully saturated rings. The first-order chi connectivity index (χ1) is 16.2. The van der Waals surface area contributed by atoms with Gasteiger partial charge in [-0.25, -0.2) is 8.78 Å². The molecule has 3 aromatic rings. The van der Waals surface area contributed by atoms with E-state index in [1.807, 2.05) is 26.0 Å². The van der Waals surface area contributed by atoms with Crippen LogP contribution in [0.25, 0.3) is 11.3 Å². The second kappa shape index (κ2) is 9.66. The number of carbonyl (C=O) groups is 1. The molecule has 0 spiro atoms.